The molecular formula is C21H27NO5. The lowest BCUT2D eigenvalue weighted by Gasteiger charge is -2.47. The number of carbonyl (C=O) groups excluding carboxylic acids is 3. The summed E-state index contributed by atoms with van der Waals surface area (Å²) in [5, 5.41) is 11.4. The normalized spacial score (nSPS) is 47.1. The Morgan fingerprint density at radius 3 is 2.74 bits per heavy atom. The molecule has 0 spiro atoms. The maximum absolute atomic E-state index is 13.4. The van der Waals surface area contributed by atoms with Crippen LogP contribution in [0, 0.1) is 23.2 Å². The van der Waals surface area contributed by atoms with Crippen molar-refractivity contribution in [1.29, 1.82) is 0 Å². The van der Waals surface area contributed by atoms with Crippen molar-refractivity contribution < 1.29 is 24.2 Å². The number of ketones is 2. The van der Waals surface area contributed by atoms with E-state index in [2.05, 4.69) is 11.8 Å². The maximum Gasteiger partial charge on any atom is 0.305 e. The van der Waals surface area contributed by atoms with Crippen LogP contribution in [-0.4, -0.2) is 58.9 Å². The fraction of sp³-hybridized carbons (Fsp3) is 0.762. The van der Waals surface area contributed by atoms with Gasteiger partial charge in [-0.3, -0.25) is 19.3 Å². The molecule has 6 nitrogen and oxygen atoms in total. The summed E-state index contributed by atoms with van der Waals surface area (Å²) >= 11 is 0. The van der Waals surface area contributed by atoms with Crippen molar-refractivity contribution in [2.45, 2.75) is 57.6 Å². The van der Waals surface area contributed by atoms with Gasteiger partial charge in [0, 0.05) is 49.2 Å². The molecule has 27 heavy (non-hydrogen) atoms. The van der Waals surface area contributed by atoms with E-state index in [1.807, 2.05) is 6.92 Å². The Bertz CT molecular complexity index is 787. The minimum Gasteiger partial charge on any atom is -0.466 e. The predicted octanol–water partition coefficient (Wildman–Crippen LogP) is 1.26. The number of fused-ring (bicyclic) bond motifs is 2. The molecule has 0 saturated carbocycles. The molecule has 2 aliphatic carbocycles. The Labute approximate surface area is 158 Å². The van der Waals surface area contributed by atoms with Gasteiger partial charge >= 0.3 is 5.97 Å². The largest absolute Gasteiger partial charge is 0.466 e. The maximum atomic E-state index is 13.4. The van der Waals surface area contributed by atoms with Gasteiger partial charge in [0.25, 0.3) is 0 Å². The molecule has 3 aliphatic heterocycles. The highest BCUT2D eigenvalue weighted by molar-refractivity contribution is 6.26. The Morgan fingerprint density at radius 1 is 1.19 bits per heavy atom. The molecule has 3 saturated heterocycles. The van der Waals surface area contributed by atoms with Crippen molar-refractivity contribution >= 4 is 17.5 Å². The molecule has 0 aromatic rings. The van der Waals surface area contributed by atoms with E-state index < -0.39 is 5.60 Å². The quantitative estimate of drug-likeness (QED) is 0.508. The molecule has 5 rings (SSSR count). The van der Waals surface area contributed by atoms with Crippen molar-refractivity contribution in [2.24, 2.45) is 23.2 Å². The Hall–Kier alpha value is -1.53. The topological polar surface area (TPSA) is 83.9 Å². The first-order chi connectivity index (χ1) is 12.8. The summed E-state index contributed by atoms with van der Waals surface area (Å²) in [6.07, 6.45) is 2.47. The van der Waals surface area contributed by atoms with Crippen molar-refractivity contribution in [2.75, 3.05) is 19.7 Å². The standard InChI is InChI=1S/C21H27NO5/c1-11-9-22-10-13-3-4-16(23)27-6-5-12-7-14-17(18(12)24)19(25)21(11,26)8-15(22)20(13,14)2/h11-13,15,26H,3-10H2,1-2H3/t11-,12-,13-,15-,20+,21+/m1/s1. The highest BCUT2D eigenvalue weighted by atomic mass is 16.5. The van der Waals surface area contributed by atoms with Crippen molar-refractivity contribution in [1.82, 2.24) is 4.90 Å². The fourth-order valence-corrected chi connectivity index (χ4v) is 6.61. The lowest BCUT2D eigenvalue weighted by molar-refractivity contribution is -0.149. The van der Waals surface area contributed by atoms with E-state index in [1.165, 1.54) is 0 Å². The molecule has 0 radical (unpaired) electrons. The highest BCUT2D eigenvalue weighted by Crippen LogP contribution is 2.60. The third-order valence-corrected chi connectivity index (χ3v) is 8.33. The van der Waals surface area contributed by atoms with Crippen LogP contribution in [0.5, 0.6) is 0 Å². The van der Waals surface area contributed by atoms with Gasteiger partial charge in [-0.2, -0.15) is 0 Å². The van der Waals surface area contributed by atoms with Gasteiger partial charge in [0.1, 0.15) is 5.60 Å². The predicted molar refractivity (Wildman–Crippen MR) is 95.6 cm³/mol. The van der Waals surface area contributed by atoms with Gasteiger partial charge in [-0.1, -0.05) is 13.8 Å². The van der Waals surface area contributed by atoms with Crippen LogP contribution in [-0.2, 0) is 19.1 Å². The van der Waals surface area contributed by atoms with E-state index in [1.54, 1.807) is 0 Å². The third kappa shape index (κ3) is 2.11. The molecule has 5 aliphatic rings. The van der Waals surface area contributed by atoms with Gasteiger partial charge in [0.2, 0.25) is 0 Å². The molecule has 4 bridgehead atoms. The van der Waals surface area contributed by atoms with Gasteiger partial charge < -0.3 is 9.84 Å². The van der Waals surface area contributed by atoms with Gasteiger partial charge in [-0.25, -0.2) is 0 Å². The fourth-order valence-electron chi connectivity index (χ4n) is 6.61. The van der Waals surface area contributed by atoms with Gasteiger partial charge in [-0.05, 0) is 30.8 Å². The summed E-state index contributed by atoms with van der Waals surface area (Å²) in [6.45, 7) is 5.81. The Kier molecular flexibility index (Phi) is 3.58. The van der Waals surface area contributed by atoms with E-state index in [-0.39, 0.29) is 53.4 Å². The van der Waals surface area contributed by atoms with Crippen LogP contribution in [0.15, 0.2) is 11.1 Å². The van der Waals surface area contributed by atoms with Crippen LogP contribution < -0.4 is 0 Å². The van der Waals surface area contributed by atoms with Crippen LogP contribution in [0.2, 0.25) is 0 Å². The summed E-state index contributed by atoms with van der Waals surface area (Å²) in [4.78, 5) is 41.2. The van der Waals surface area contributed by atoms with Gasteiger partial charge in [0.15, 0.2) is 11.6 Å². The lowest BCUT2D eigenvalue weighted by Crippen LogP contribution is -2.59. The molecule has 3 fully saturated rings. The van der Waals surface area contributed by atoms with E-state index in [9.17, 15) is 19.5 Å². The monoisotopic (exact) mass is 373 g/mol. The molecule has 3 heterocycles. The molecular weight excluding hydrogens is 346 g/mol. The number of hydrogen-bond acceptors (Lipinski definition) is 6. The average Bonchev–Trinajstić information content (AvgIpc) is 3.06. The number of Topliss-reactive ketones (excluding diaryl/α,β-unsaturated/α-hetero) is 2. The first-order valence-electron chi connectivity index (χ1n) is 10.2. The number of aliphatic hydroxyl groups is 1. The minimum absolute atomic E-state index is 0.0449. The second kappa shape index (κ2) is 5.51. The SMILES string of the molecule is C[C@@H]1CN2C[C@H]3CCC(=O)OCC[C@@H]4CC5=C(C4=O)C(=O)[C@]1(O)C[C@@H]2[C@]53C. The van der Waals surface area contributed by atoms with Gasteiger partial charge in [-0.15, -0.1) is 0 Å². The summed E-state index contributed by atoms with van der Waals surface area (Å²) in [5.41, 5.74) is -0.546. The third-order valence-electron chi connectivity index (χ3n) is 8.33. The average molecular weight is 373 g/mol. The number of esters is 1. The zero-order valence-electron chi connectivity index (χ0n) is 16.0. The van der Waals surface area contributed by atoms with Crippen molar-refractivity contribution in [3.05, 3.63) is 11.1 Å². The number of hydrogen-bond donors (Lipinski definition) is 1. The smallest absolute Gasteiger partial charge is 0.305 e. The first kappa shape index (κ1) is 17.6. The number of carbonyl (C=O) groups is 3. The Balaban J connectivity index is 1.72. The number of nitrogens with zero attached hydrogens (tertiary/aromatic N) is 1. The Morgan fingerprint density at radius 2 is 1.96 bits per heavy atom. The molecule has 0 aromatic heterocycles. The molecule has 1 N–H and O–H groups in total. The van der Waals surface area contributed by atoms with E-state index in [0.29, 0.717) is 44.2 Å². The molecule has 0 aromatic carbocycles. The minimum atomic E-state index is -1.45. The summed E-state index contributed by atoms with van der Waals surface area (Å²) < 4.78 is 5.33. The molecule has 6 heteroatoms. The van der Waals surface area contributed by atoms with Crippen molar-refractivity contribution in [3.8, 4) is 0 Å². The van der Waals surface area contributed by atoms with E-state index in [0.717, 1.165) is 12.1 Å². The highest BCUT2D eigenvalue weighted by Gasteiger charge is 2.65. The number of cyclic esters (lactones) is 1. The second-order valence-electron chi connectivity index (χ2n) is 9.47. The van der Waals surface area contributed by atoms with Crippen molar-refractivity contribution in [3.63, 3.8) is 0 Å². The van der Waals surface area contributed by atoms with Gasteiger partial charge in [0.05, 0.1) is 12.2 Å². The van der Waals surface area contributed by atoms with Crippen LogP contribution in [0.3, 0.4) is 0 Å². The molecule has 6 atom stereocenters. The van der Waals surface area contributed by atoms with E-state index in [4.69, 9.17) is 4.74 Å². The first-order valence-corrected chi connectivity index (χ1v) is 10.2. The number of piperidine rings is 1. The second-order valence-corrected chi connectivity index (χ2v) is 9.47. The van der Waals surface area contributed by atoms with Crippen LogP contribution in [0.1, 0.15) is 46.0 Å². The zero-order chi connectivity index (χ0) is 19.1. The summed E-state index contributed by atoms with van der Waals surface area (Å²) in [7, 11) is 0. The molecule has 0 amide bonds. The summed E-state index contributed by atoms with van der Waals surface area (Å²) in [6, 6.07) is 0.0449. The van der Waals surface area contributed by atoms with E-state index >= 15 is 0 Å². The van der Waals surface area contributed by atoms with Crippen LogP contribution in [0.25, 0.3) is 0 Å². The molecule has 146 valence electrons. The molecule has 0 unspecified atom stereocenters. The lowest BCUT2D eigenvalue weighted by atomic mass is 9.65. The zero-order valence-corrected chi connectivity index (χ0v) is 16.0. The van der Waals surface area contributed by atoms with Crippen LogP contribution >= 0.6 is 0 Å². The number of rotatable bonds is 0. The van der Waals surface area contributed by atoms with Crippen LogP contribution in [0.4, 0.5) is 0 Å². The number of ether oxygens (including phenoxy) is 1. The summed E-state index contributed by atoms with van der Waals surface area (Å²) in [5.74, 6) is -1.02.